The molecule has 0 unspecified atom stereocenters. The minimum Gasteiger partial charge on any atom is -0.338 e. The fourth-order valence-corrected chi connectivity index (χ4v) is 3.43. The highest BCUT2D eigenvalue weighted by Gasteiger charge is 2.22. The lowest BCUT2D eigenvalue weighted by Gasteiger charge is -2.27. The van der Waals surface area contributed by atoms with Gasteiger partial charge in [0.1, 0.15) is 0 Å². The zero-order valence-corrected chi connectivity index (χ0v) is 16.4. The molecule has 1 saturated heterocycles. The Morgan fingerprint density at radius 2 is 1.93 bits per heavy atom. The number of carbonyl (C=O) groups is 2. The van der Waals surface area contributed by atoms with Crippen LogP contribution in [0.3, 0.4) is 0 Å². The third-order valence-corrected chi connectivity index (χ3v) is 5.04. The predicted molar refractivity (Wildman–Crippen MR) is 107 cm³/mol. The summed E-state index contributed by atoms with van der Waals surface area (Å²) in [5, 5.41) is 8.94. The number of carbonyl (C=O) groups excluding carboxylic acids is 2. The molecular weight excluding hydrogens is 350 g/mol. The van der Waals surface area contributed by atoms with Crippen molar-refractivity contribution in [2.24, 2.45) is 0 Å². The lowest BCUT2D eigenvalue weighted by molar-refractivity contribution is -0.128. The first-order chi connectivity index (χ1) is 13.5. The van der Waals surface area contributed by atoms with Crippen LogP contribution >= 0.6 is 0 Å². The number of nitriles is 1. The average Bonchev–Trinajstić information content (AvgIpc) is 3.10. The lowest BCUT2D eigenvalue weighted by Crippen LogP contribution is -2.36. The van der Waals surface area contributed by atoms with Crippen LogP contribution < -0.4 is 0 Å². The van der Waals surface area contributed by atoms with Crippen molar-refractivity contribution in [1.29, 1.82) is 5.26 Å². The van der Waals surface area contributed by atoms with E-state index in [2.05, 4.69) is 6.07 Å². The highest BCUT2D eigenvalue weighted by molar-refractivity contribution is 5.94. The summed E-state index contributed by atoms with van der Waals surface area (Å²) < 4.78 is 0. The predicted octanol–water partition coefficient (Wildman–Crippen LogP) is 3.73. The zero-order chi connectivity index (χ0) is 20.1. The highest BCUT2D eigenvalue weighted by atomic mass is 16.2. The molecule has 144 valence electrons. The second-order valence-corrected chi connectivity index (χ2v) is 7.45. The van der Waals surface area contributed by atoms with Crippen LogP contribution in [0, 0.1) is 11.3 Å². The molecule has 1 aliphatic rings. The van der Waals surface area contributed by atoms with Gasteiger partial charge in [-0.25, -0.2) is 0 Å². The van der Waals surface area contributed by atoms with Gasteiger partial charge in [-0.2, -0.15) is 5.26 Å². The Morgan fingerprint density at radius 3 is 2.54 bits per heavy atom. The van der Waals surface area contributed by atoms with Gasteiger partial charge in [0.15, 0.2) is 0 Å². The van der Waals surface area contributed by atoms with Crippen molar-refractivity contribution in [3.8, 4) is 6.07 Å². The van der Waals surface area contributed by atoms with E-state index in [9.17, 15) is 9.59 Å². The molecule has 1 aliphatic heterocycles. The average molecular weight is 375 g/mol. The Labute approximate surface area is 166 Å². The van der Waals surface area contributed by atoms with E-state index in [-0.39, 0.29) is 17.9 Å². The standard InChI is InChI=1S/C23H25N3O2/c1-17(2)26(16-19-10-8-18(14-24)9-11-19)23(28)21-6-3-5-20(13-21)15-25-12-4-7-22(25)27/h3,5-6,8-11,13,17H,4,7,12,15-16H2,1-2H3. The normalized spacial score (nSPS) is 13.6. The first-order valence-electron chi connectivity index (χ1n) is 9.64. The summed E-state index contributed by atoms with van der Waals surface area (Å²) in [5.74, 6) is 0.148. The van der Waals surface area contributed by atoms with Crippen LogP contribution in [0.2, 0.25) is 0 Å². The van der Waals surface area contributed by atoms with Crippen LogP contribution in [0.4, 0.5) is 0 Å². The molecule has 0 aromatic heterocycles. The summed E-state index contributed by atoms with van der Waals surface area (Å²) in [7, 11) is 0. The molecule has 0 saturated carbocycles. The van der Waals surface area contributed by atoms with E-state index in [0.29, 0.717) is 30.6 Å². The van der Waals surface area contributed by atoms with Crippen molar-refractivity contribution >= 4 is 11.8 Å². The molecule has 1 fully saturated rings. The van der Waals surface area contributed by atoms with Gasteiger partial charge in [0.05, 0.1) is 11.6 Å². The summed E-state index contributed by atoms with van der Waals surface area (Å²) in [6.07, 6.45) is 1.52. The number of nitrogens with zero attached hydrogens (tertiary/aromatic N) is 3. The van der Waals surface area contributed by atoms with Gasteiger partial charge in [-0.3, -0.25) is 9.59 Å². The number of amides is 2. The Bertz CT molecular complexity index is 897. The van der Waals surface area contributed by atoms with Crippen LogP contribution in [0.5, 0.6) is 0 Å². The van der Waals surface area contributed by atoms with Crippen molar-refractivity contribution in [2.45, 2.75) is 45.8 Å². The molecule has 2 aromatic rings. The van der Waals surface area contributed by atoms with Crippen LogP contribution in [0.1, 0.15) is 53.7 Å². The quantitative estimate of drug-likeness (QED) is 0.773. The smallest absolute Gasteiger partial charge is 0.254 e. The maximum atomic E-state index is 13.2. The molecule has 28 heavy (non-hydrogen) atoms. The van der Waals surface area contributed by atoms with Gasteiger partial charge in [0.25, 0.3) is 5.91 Å². The maximum Gasteiger partial charge on any atom is 0.254 e. The molecule has 5 nitrogen and oxygen atoms in total. The van der Waals surface area contributed by atoms with E-state index in [1.807, 2.05) is 60.0 Å². The van der Waals surface area contributed by atoms with E-state index < -0.39 is 0 Å². The van der Waals surface area contributed by atoms with Gasteiger partial charge in [-0.05, 0) is 55.7 Å². The molecular formula is C23H25N3O2. The molecule has 0 bridgehead atoms. The van der Waals surface area contributed by atoms with Crippen molar-refractivity contribution in [3.05, 3.63) is 70.8 Å². The topological polar surface area (TPSA) is 64.4 Å². The van der Waals surface area contributed by atoms with Gasteiger partial charge in [0, 0.05) is 37.7 Å². The van der Waals surface area contributed by atoms with E-state index >= 15 is 0 Å². The second kappa shape index (κ2) is 8.71. The molecule has 3 rings (SSSR count). The molecule has 0 N–H and O–H groups in total. The van der Waals surface area contributed by atoms with E-state index in [1.165, 1.54) is 0 Å². The van der Waals surface area contributed by atoms with E-state index in [0.717, 1.165) is 24.1 Å². The third-order valence-electron chi connectivity index (χ3n) is 5.04. The van der Waals surface area contributed by atoms with E-state index in [4.69, 9.17) is 5.26 Å². The van der Waals surface area contributed by atoms with Gasteiger partial charge in [-0.15, -0.1) is 0 Å². The highest BCUT2D eigenvalue weighted by Crippen LogP contribution is 2.18. The summed E-state index contributed by atoms with van der Waals surface area (Å²) in [6, 6.07) is 17.0. The lowest BCUT2D eigenvalue weighted by atomic mass is 10.1. The Hall–Kier alpha value is -3.13. The monoisotopic (exact) mass is 375 g/mol. The third kappa shape index (κ3) is 4.58. The Morgan fingerprint density at radius 1 is 1.18 bits per heavy atom. The minimum atomic E-state index is -0.0334. The molecule has 0 radical (unpaired) electrons. The molecule has 2 aromatic carbocycles. The van der Waals surface area contributed by atoms with Crippen molar-refractivity contribution in [3.63, 3.8) is 0 Å². The fraction of sp³-hybridized carbons (Fsp3) is 0.348. The van der Waals surface area contributed by atoms with Crippen molar-refractivity contribution in [1.82, 2.24) is 9.80 Å². The maximum absolute atomic E-state index is 13.2. The summed E-state index contributed by atoms with van der Waals surface area (Å²) in [6.45, 7) is 5.81. The molecule has 0 aliphatic carbocycles. The number of rotatable bonds is 6. The number of likely N-dealkylation sites (tertiary alicyclic amines) is 1. The minimum absolute atomic E-state index is 0.0334. The number of benzene rings is 2. The molecule has 1 heterocycles. The van der Waals surface area contributed by atoms with Gasteiger partial charge in [0.2, 0.25) is 5.91 Å². The van der Waals surface area contributed by atoms with Crippen LogP contribution in [0.25, 0.3) is 0 Å². The Balaban J connectivity index is 1.76. The van der Waals surface area contributed by atoms with Gasteiger partial charge >= 0.3 is 0 Å². The van der Waals surface area contributed by atoms with Gasteiger partial charge < -0.3 is 9.80 Å². The fourth-order valence-electron chi connectivity index (χ4n) is 3.43. The molecule has 5 heteroatoms. The Kier molecular flexibility index (Phi) is 6.10. The second-order valence-electron chi connectivity index (χ2n) is 7.45. The van der Waals surface area contributed by atoms with E-state index in [1.54, 1.807) is 12.1 Å². The first kappa shape index (κ1) is 19.6. The largest absolute Gasteiger partial charge is 0.338 e. The molecule has 0 spiro atoms. The number of hydrogen-bond donors (Lipinski definition) is 0. The number of hydrogen-bond acceptors (Lipinski definition) is 3. The molecule has 2 amide bonds. The van der Waals surface area contributed by atoms with Crippen LogP contribution in [0.15, 0.2) is 48.5 Å². The summed E-state index contributed by atoms with van der Waals surface area (Å²) >= 11 is 0. The van der Waals surface area contributed by atoms with Crippen molar-refractivity contribution in [2.75, 3.05) is 6.54 Å². The first-order valence-corrected chi connectivity index (χ1v) is 9.64. The molecule has 0 atom stereocenters. The summed E-state index contributed by atoms with van der Waals surface area (Å²) in [4.78, 5) is 28.7. The van der Waals surface area contributed by atoms with Gasteiger partial charge in [-0.1, -0.05) is 24.3 Å². The SMILES string of the molecule is CC(C)N(Cc1ccc(C#N)cc1)C(=O)c1cccc(CN2CCCC2=O)c1. The zero-order valence-electron chi connectivity index (χ0n) is 16.4. The van der Waals surface area contributed by atoms with Crippen LogP contribution in [-0.2, 0) is 17.9 Å². The van der Waals surface area contributed by atoms with Crippen molar-refractivity contribution < 1.29 is 9.59 Å². The van der Waals surface area contributed by atoms with Crippen LogP contribution in [-0.4, -0.2) is 34.2 Å². The summed E-state index contributed by atoms with van der Waals surface area (Å²) in [5.41, 5.74) is 3.20.